The van der Waals surface area contributed by atoms with Crippen LogP contribution < -0.4 is 0 Å². The average Bonchev–Trinajstić information content (AvgIpc) is 2.20. The Kier molecular flexibility index (Phi) is 3.91. The Morgan fingerprint density at radius 1 is 1.53 bits per heavy atom. The smallest absolute Gasteiger partial charge is 0.223 e. The van der Waals surface area contributed by atoms with E-state index in [9.17, 15) is 20.0 Å². The largest absolute Gasteiger partial charge is 0.389 e. The summed E-state index contributed by atoms with van der Waals surface area (Å²) in [5.74, 6) is -0.773. The fourth-order valence-electron chi connectivity index (χ4n) is 2.89. The van der Waals surface area contributed by atoms with Crippen LogP contribution >= 0.6 is 0 Å². The van der Waals surface area contributed by atoms with E-state index in [0.29, 0.717) is 25.7 Å². The Labute approximate surface area is 101 Å². The number of hydrogen-bond donors (Lipinski definition) is 1. The number of nitrogens with zero attached hydrogens (tertiary/aromatic N) is 1. The van der Waals surface area contributed by atoms with E-state index in [2.05, 4.69) is 0 Å². The molecule has 5 nitrogen and oxygen atoms in total. The molecule has 98 valence electrons. The molecule has 5 heteroatoms. The normalized spacial score (nSPS) is 37.8. The third kappa shape index (κ3) is 2.65. The third-order valence-electron chi connectivity index (χ3n) is 4.02. The molecule has 0 heterocycles. The molecule has 0 aromatic carbocycles. The number of rotatable bonds is 4. The molecule has 1 fully saturated rings. The van der Waals surface area contributed by atoms with Gasteiger partial charge >= 0.3 is 0 Å². The molecule has 3 atom stereocenters. The van der Waals surface area contributed by atoms with E-state index in [0.717, 1.165) is 0 Å². The maximum atomic E-state index is 11.5. The van der Waals surface area contributed by atoms with Gasteiger partial charge < -0.3 is 5.11 Å². The minimum atomic E-state index is -1.10. The fraction of sp³-hybridized carbons (Fsp3) is 0.917. The van der Waals surface area contributed by atoms with Crippen LogP contribution in [0.3, 0.4) is 0 Å². The molecule has 1 saturated carbocycles. The number of aliphatic hydroxyl groups is 1. The van der Waals surface area contributed by atoms with Crippen molar-refractivity contribution in [2.75, 3.05) is 0 Å². The fourth-order valence-corrected chi connectivity index (χ4v) is 2.89. The summed E-state index contributed by atoms with van der Waals surface area (Å²) in [5, 5.41) is 21.4. The summed E-state index contributed by atoms with van der Waals surface area (Å²) in [7, 11) is 0. The van der Waals surface area contributed by atoms with Crippen molar-refractivity contribution in [3.63, 3.8) is 0 Å². The molecular formula is C12H21NO4. The van der Waals surface area contributed by atoms with Crippen molar-refractivity contribution in [2.45, 2.75) is 64.0 Å². The molecule has 0 aromatic heterocycles. The van der Waals surface area contributed by atoms with Crippen LogP contribution in [-0.4, -0.2) is 27.0 Å². The second-order valence-electron chi connectivity index (χ2n) is 5.46. The van der Waals surface area contributed by atoms with Crippen LogP contribution in [0, 0.1) is 16.0 Å². The lowest BCUT2D eigenvalue weighted by molar-refractivity contribution is -0.579. The van der Waals surface area contributed by atoms with E-state index in [1.807, 2.05) is 6.92 Å². The summed E-state index contributed by atoms with van der Waals surface area (Å²) in [6.45, 7) is 4.91. The highest BCUT2D eigenvalue weighted by atomic mass is 16.6. The maximum absolute atomic E-state index is 11.5. The van der Waals surface area contributed by atoms with Crippen molar-refractivity contribution < 1.29 is 14.8 Å². The summed E-state index contributed by atoms with van der Waals surface area (Å²) in [4.78, 5) is 22.6. The first-order chi connectivity index (χ1) is 7.75. The molecule has 3 unspecified atom stereocenters. The maximum Gasteiger partial charge on any atom is 0.223 e. The zero-order chi connectivity index (χ0) is 13.3. The van der Waals surface area contributed by atoms with Crippen LogP contribution in [0.2, 0.25) is 0 Å². The van der Waals surface area contributed by atoms with Gasteiger partial charge in [0.25, 0.3) is 0 Å². The Balaban J connectivity index is 3.00. The van der Waals surface area contributed by atoms with Gasteiger partial charge in [-0.15, -0.1) is 0 Å². The highest BCUT2D eigenvalue weighted by Gasteiger charge is 2.54. The van der Waals surface area contributed by atoms with E-state index in [4.69, 9.17) is 0 Å². The van der Waals surface area contributed by atoms with Gasteiger partial charge in [0.2, 0.25) is 5.54 Å². The van der Waals surface area contributed by atoms with Crippen molar-refractivity contribution >= 4 is 5.78 Å². The van der Waals surface area contributed by atoms with Gasteiger partial charge in [-0.05, 0) is 26.7 Å². The number of nitro groups is 1. The summed E-state index contributed by atoms with van der Waals surface area (Å²) >= 11 is 0. The summed E-state index contributed by atoms with van der Waals surface area (Å²) in [6, 6.07) is 0. The SMILES string of the molecule is CCCC1([N+](=O)[O-])CCC(C)(O)C(C(C)=O)C1. The van der Waals surface area contributed by atoms with Crippen molar-refractivity contribution in [2.24, 2.45) is 5.92 Å². The molecular weight excluding hydrogens is 222 g/mol. The van der Waals surface area contributed by atoms with Gasteiger partial charge in [0.1, 0.15) is 5.78 Å². The second kappa shape index (κ2) is 4.72. The van der Waals surface area contributed by atoms with E-state index >= 15 is 0 Å². The Morgan fingerprint density at radius 3 is 2.53 bits per heavy atom. The number of carbonyl (C=O) groups excluding carboxylic acids is 1. The standard InChI is InChI=1S/C12H21NO4/c1-4-5-12(13(16)17)7-6-11(3,15)10(8-12)9(2)14/h10,15H,4-8H2,1-3H3. The van der Waals surface area contributed by atoms with Gasteiger partial charge in [0.05, 0.1) is 11.5 Å². The molecule has 0 saturated heterocycles. The lowest BCUT2D eigenvalue weighted by Crippen LogP contribution is -2.53. The lowest BCUT2D eigenvalue weighted by Gasteiger charge is -2.41. The molecule has 1 aliphatic rings. The first kappa shape index (κ1) is 14.1. The first-order valence-electron chi connectivity index (χ1n) is 6.12. The monoisotopic (exact) mass is 243 g/mol. The molecule has 0 bridgehead atoms. The van der Waals surface area contributed by atoms with Crippen LogP contribution in [0.1, 0.15) is 52.9 Å². The molecule has 0 spiro atoms. The van der Waals surface area contributed by atoms with Gasteiger partial charge in [-0.1, -0.05) is 6.92 Å². The minimum Gasteiger partial charge on any atom is -0.389 e. The van der Waals surface area contributed by atoms with Crippen LogP contribution in [-0.2, 0) is 4.79 Å². The van der Waals surface area contributed by atoms with Crippen molar-refractivity contribution in [1.29, 1.82) is 0 Å². The molecule has 0 aromatic rings. The molecule has 1 N–H and O–H groups in total. The van der Waals surface area contributed by atoms with Crippen LogP contribution in [0.25, 0.3) is 0 Å². The van der Waals surface area contributed by atoms with Crippen molar-refractivity contribution in [3.8, 4) is 0 Å². The van der Waals surface area contributed by atoms with Gasteiger partial charge in [-0.25, -0.2) is 0 Å². The van der Waals surface area contributed by atoms with Gasteiger partial charge in [0.15, 0.2) is 0 Å². The molecule has 1 aliphatic carbocycles. The number of carbonyl (C=O) groups is 1. The third-order valence-corrected chi connectivity index (χ3v) is 4.02. The molecule has 0 radical (unpaired) electrons. The predicted octanol–water partition coefficient (Wildman–Crippen LogP) is 1.94. The Bertz CT molecular complexity index is 326. The molecule has 17 heavy (non-hydrogen) atoms. The number of Topliss-reactive ketones (excluding diaryl/α,β-unsaturated/α-hetero) is 1. The van der Waals surface area contributed by atoms with Crippen LogP contribution in [0.15, 0.2) is 0 Å². The molecule has 0 aliphatic heterocycles. The molecule has 0 amide bonds. The average molecular weight is 243 g/mol. The van der Waals surface area contributed by atoms with Crippen LogP contribution in [0.4, 0.5) is 0 Å². The topological polar surface area (TPSA) is 80.4 Å². The quantitative estimate of drug-likeness (QED) is 0.604. The molecule has 1 rings (SSSR count). The Hall–Kier alpha value is -0.970. The first-order valence-corrected chi connectivity index (χ1v) is 6.12. The summed E-state index contributed by atoms with van der Waals surface area (Å²) < 4.78 is 0. The minimum absolute atomic E-state index is 0.156. The predicted molar refractivity (Wildman–Crippen MR) is 63.3 cm³/mol. The lowest BCUT2D eigenvalue weighted by atomic mass is 9.65. The summed E-state index contributed by atoms with van der Waals surface area (Å²) in [6.07, 6.45) is 2.02. The highest BCUT2D eigenvalue weighted by Crippen LogP contribution is 2.43. The van der Waals surface area contributed by atoms with E-state index in [1.165, 1.54) is 6.92 Å². The van der Waals surface area contributed by atoms with Gasteiger partial charge in [-0.2, -0.15) is 0 Å². The van der Waals surface area contributed by atoms with E-state index in [-0.39, 0.29) is 17.1 Å². The number of hydrogen-bond acceptors (Lipinski definition) is 4. The summed E-state index contributed by atoms with van der Waals surface area (Å²) in [5.41, 5.74) is -2.12. The second-order valence-corrected chi connectivity index (χ2v) is 5.46. The van der Waals surface area contributed by atoms with Crippen molar-refractivity contribution in [1.82, 2.24) is 0 Å². The van der Waals surface area contributed by atoms with Crippen LogP contribution in [0.5, 0.6) is 0 Å². The Morgan fingerprint density at radius 2 is 2.12 bits per heavy atom. The highest BCUT2D eigenvalue weighted by molar-refractivity contribution is 5.79. The van der Waals surface area contributed by atoms with Gasteiger partial charge in [0, 0.05) is 24.2 Å². The van der Waals surface area contributed by atoms with Crippen molar-refractivity contribution in [3.05, 3.63) is 10.1 Å². The number of ketones is 1. The van der Waals surface area contributed by atoms with Gasteiger partial charge in [-0.3, -0.25) is 14.9 Å². The van der Waals surface area contributed by atoms with E-state index < -0.39 is 17.1 Å². The van der Waals surface area contributed by atoms with E-state index in [1.54, 1.807) is 6.92 Å². The zero-order valence-electron chi connectivity index (χ0n) is 10.7. The zero-order valence-corrected chi connectivity index (χ0v) is 10.7.